The molecule has 1 saturated carbocycles. The molecule has 1 rings (SSSR count). The van der Waals surface area contributed by atoms with Crippen LogP contribution in [0.1, 0.15) is 32.6 Å². The van der Waals surface area contributed by atoms with Gasteiger partial charge in [0.15, 0.2) is 5.11 Å². The molecule has 88 valence electrons. The van der Waals surface area contributed by atoms with E-state index in [0.717, 1.165) is 24.7 Å². The highest BCUT2D eigenvalue weighted by atomic mass is 32.1. The molecular weight excluding hydrogens is 206 g/mol. The minimum Gasteiger partial charge on any atom is -0.361 e. The lowest BCUT2D eigenvalue weighted by molar-refractivity contribution is 0.357. The van der Waals surface area contributed by atoms with Crippen molar-refractivity contribution in [3.8, 4) is 0 Å². The molecule has 15 heavy (non-hydrogen) atoms. The van der Waals surface area contributed by atoms with Gasteiger partial charge in [0.1, 0.15) is 0 Å². The Balaban J connectivity index is 2.02. The molecule has 0 aromatic heterocycles. The van der Waals surface area contributed by atoms with E-state index in [4.69, 9.17) is 12.2 Å². The van der Waals surface area contributed by atoms with Gasteiger partial charge >= 0.3 is 0 Å². The maximum atomic E-state index is 5.24. The molecule has 0 aromatic carbocycles. The largest absolute Gasteiger partial charge is 0.361 e. The number of thiocarbonyl (C=S) groups is 1. The van der Waals surface area contributed by atoms with Gasteiger partial charge in [-0.15, -0.1) is 0 Å². The van der Waals surface area contributed by atoms with Gasteiger partial charge in [-0.3, -0.25) is 0 Å². The van der Waals surface area contributed by atoms with Gasteiger partial charge in [-0.05, 0) is 38.7 Å². The number of likely N-dealkylation sites (N-methyl/N-ethyl adjacent to an activating group) is 1. The molecule has 1 fully saturated rings. The first kappa shape index (κ1) is 12.7. The summed E-state index contributed by atoms with van der Waals surface area (Å²) in [5, 5.41) is 7.45. The van der Waals surface area contributed by atoms with E-state index in [0.29, 0.717) is 6.04 Å². The summed E-state index contributed by atoms with van der Waals surface area (Å²) >= 11 is 5.24. The molecule has 1 aliphatic rings. The number of nitrogens with zero attached hydrogens (tertiary/aromatic N) is 1. The van der Waals surface area contributed by atoms with Crippen LogP contribution in [0.5, 0.6) is 0 Å². The summed E-state index contributed by atoms with van der Waals surface area (Å²) in [4.78, 5) is 2.27. The van der Waals surface area contributed by atoms with Crippen molar-refractivity contribution in [1.29, 1.82) is 0 Å². The molecule has 1 aliphatic carbocycles. The summed E-state index contributed by atoms with van der Waals surface area (Å²) < 4.78 is 0. The third kappa shape index (κ3) is 5.33. The second kappa shape index (κ2) is 7.01. The zero-order chi connectivity index (χ0) is 11.1. The Kier molecular flexibility index (Phi) is 5.95. The van der Waals surface area contributed by atoms with E-state index in [1.165, 1.54) is 25.7 Å². The van der Waals surface area contributed by atoms with Crippen molar-refractivity contribution in [2.75, 3.05) is 26.7 Å². The first-order chi connectivity index (χ1) is 7.22. The minimum absolute atomic E-state index is 0.619. The smallest absolute Gasteiger partial charge is 0.166 e. The van der Waals surface area contributed by atoms with E-state index in [1.54, 1.807) is 0 Å². The van der Waals surface area contributed by atoms with Crippen molar-refractivity contribution in [2.24, 2.45) is 0 Å². The Labute approximate surface area is 98.6 Å². The quantitative estimate of drug-likeness (QED) is 0.696. The standard InChI is InChI=1S/C11H23N3S/c1-3-14(2)9-8-12-11(15)13-10-6-4-5-7-10/h10H,3-9H2,1-2H3,(H2,12,13,15). The van der Waals surface area contributed by atoms with Crippen molar-refractivity contribution < 1.29 is 0 Å². The van der Waals surface area contributed by atoms with Crippen LogP contribution in [0.2, 0.25) is 0 Å². The van der Waals surface area contributed by atoms with Crippen LogP contribution in [0, 0.1) is 0 Å². The van der Waals surface area contributed by atoms with Crippen LogP contribution in [0.3, 0.4) is 0 Å². The first-order valence-electron chi connectivity index (χ1n) is 5.95. The number of nitrogens with one attached hydrogen (secondary N) is 2. The third-order valence-corrected chi connectivity index (χ3v) is 3.27. The lowest BCUT2D eigenvalue weighted by atomic mass is 10.3. The minimum atomic E-state index is 0.619. The number of hydrogen-bond donors (Lipinski definition) is 2. The Morgan fingerprint density at radius 2 is 2.07 bits per heavy atom. The molecule has 4 heteroatoms. The van der Waals surface area contributed by atoms with Crippen LogP contribution in [0.25, 0.3) is 0 Å². The van der Waals surface area contributed by atoms with Gasteiger partial charge in [-0.1, -0.05) is 19.8 Å². The molecule has 0 bridgehead atoms. The number of hydrogen-bond acceptors (Lipinski definition) is 2. The maximum absolute atomic E-state index is 5.24. The van der Waals surface area contributed by atoms with Gasteiger partial charge in [-0.2, -0.15) is 0 Å². The normalized spacial score (nSPS) is 17.0. The van der Waals surface area contributed by atoms with Gasteiger partial charge < -0.3 is 15.5 Å². The molecule has 0 unspecified atom stereocenters. The molecule has 0 spiro atoms. The van der Waals surface area contributed by atoms with Crippen molar-refractivity contribution in [2.45, 2.75) is 38.6 Å². The molecule has 0 heterocycles. The van der Waals surface area contributed by atoms with Crippen LogP contribution in [-0.2, 0) is 0 Å². The number of rotatable bonds is 5. The second-order valence-corrected chi connectivity index (χ2v) is 4.69. The Hall–Kier alpha value is -0.350. The van der Waals surface area contributed by atoms with E-state index in [9.17, 15) is 0 Å². The topological polar surface area (TPSA) is 27.3 Å². The molecule has 0 aromatic rings. The molecule has 3 nitrogen and oxygen atoms in total. The average Bonchev–Trinajstić information content (AvgIpc) is 2.70. The third-order valence-electron chi connectivity index (χ3n) is 3.01. The Morgan fingerprint density at radius 3 is 2.67 bits per heavy atom. The van der Waals surface area contributed by atoms with Crippen LogP contribution in [0.4, 0.5) is 0 Å². The highest BCUT2D eigenvalue weighted by Gasteiger charge is 2.14. The van der Waals surface area contributed by atoms with Gasteiger partial charge in [0.25, 0.3) is 0 Å². The van der Waals surface area contributed by atoms with E-state index in [2.05, 4.69) is 29.5 Å². The molecule has 2 N–H and O–H groups in total. The lowest BCUT2D eigenvalue weighted by Crippen LogP contribution is -2.43. The van der Waals surface area contributed by atoms with E-state index < -0.39 is 0 Å². The Morgan fingerprint density at radius 1 is 1.40 bits per heavy atom. The first-order valence-corrected chi connectivity index (χ1v) is 6.36. The van der Waals surface area contributed by atoms with Gasteiger partial charge in [0.05, 0.1) is 0 Å². The van der Waals surface area contributed by atoms with E-state index in [-0.39, 0.29) is 0 Å². The van der Waals surface area contributed by atoms with Crippen molar-refractivity contribution in [1.82, 2.24) is 15.5 Å². The van der Waals surface area contributed by atoms with E-state index in [1.807, 2.05) is 0 Å². The fourth-order valence-electron chi connectivity index (χ4n) is 1.82. The van der Waals surface area contributed by atoms with Crippen molar-refractivity contribution >= 4 is 17.3 Å². The van der Waals surface area contributed by atoms with Gasteiger partial charge in [-0.25, -0.2) is 0 Å². The maximum Gasteiger partial charge on any atom is 0.166 e. The highest BCUT2D eigenvalue weighted by molar-refractivity contribution is 7.80. The zero-order valence-electron chi connectivity index (χ0n) is 9.88. The van der Waals surface area contributed by atoms with Gasteiger partial charge in [0.2, 0.25) is 0 Å². The summed E-state index contributed by atoms with van der Waals surface area (Å²) in [5.41, 5.74) is 0. The van der Waals surface area contributed by atoms with Crippen LogP contribution in [-0.4, -0.2) is 42.7 Å². The summed E-state index contributed by atoms with van der Waals surface area (Å²) in [6.45, 7) is 5.23. The van der Waals surface area contributed by atoms with Crippen molar-refractivity contribution in [3.05, 3.63) is 0 Å². The molecule has 0 radical (unpaired) electrons. The Bertz CT molecular complexity index is 190. The molecule has 0 aliphatic heterocycles. The molecule has 0 saturated heterocycles. The molecule has 0 atom stereocenters. The summed E-state index contributed by atoms with van der Waals surface area (Å²) in [7, 11) is 2.12. The SMILES string of the molecule is CCN(C)CCNC(=S)NC1CCCC1. The fraction of sp³-hybridized carbons (Fsp3) is 0.909. The summed E-state index contributed by atoms with van der Waals surface area (Å²) in [6, 6.07) is 0.619. The van der Waals surface area contributed by atoms with Crippen LogP contribution in [0.15, 0.2) is 0 Å². The van der Waals surface area contributed by atoms with Crippen LogP contribution < -0.4 is 10.6 Å². The predicted molar refractivity (Wildman–Crippen MR) is 69.2 cm³/mol. The molecule has 0 amide bonds. The summed E-state index contributed by atoms with van der Waals surface area (Å²) in [5.74, 6) is 0. The monoisotopic (exact) mass is 229 g/mol. The lowest BCUT2D eigenvalue weighted by Gasteiger charge is -2.18. The molecular formula is C11H23N3S. The van der Waals surface area contributed by atoms with Gasteiger partial charge in [0, 0.05) is 19.1 Å². The van der Waals surface area contributed by atoms with E-state index >= 15 is 0 Å². The average molecular weight is 229 g/mol. The zero-order valence-corrected chi connectivity index (χ0v) is 10.7. The van der Waals surface area contributed by atoms with Crippen LogP contribution >= 0.6 is 12.2 Å². The highest BCUT2D eigenvalue weighted by Crippen LogP contribution is 2.17. The van der Waals surface area contributed by atoms with Crippen molar-refractivity contribution in [3.63, 3.8) is 0 Å². The second-order valence-electron chi connectivity index (χ2n) is 4.28. The predicted octanol–water partition coefficient (Wildman–Crippen LogP) is 1.34. The fourth-order valence-corrected chi connectivity index (χ4v) is 2.09. The summed E-state index contributed by atoms with van der Waals surface area (Å²) in [6.07, 6.45) is 5.24.